The van der Waals surface area contributed by atoms with E-state index < -0.39 is 5.67 Å². The molecule has 1 aliphatic heterocycles. The molecule has 0 unspecified atom stereocenters. The molecule has 1 saturated heterocycles. The predicted molar refractivity (Wildman–Crippen MR) is 135 cm³/mol. The molecule has 2 aromatic heterocycles. The Hall–Kier alpha value is -2.92. The first-order valence-corrected chi connectivity index (χ1v) is 12.7. The number of carbonyl (C=O) groups is 1. The van der Waals surface area contributed by atoms with Crippen LogP contribution in [0.2, 0.25) is 0 Å². The monoisotopic (exact) mass is 498 g/mol. The van der Waals surface area contributed by atoms with Crippen molar-refractivity contribution in [2.75, 3.05) is 43.9 Å². The Morgan fingerprint density at radius 2 is 2.03 bits per heavy atom. The highest BCUT2D eigenvalue weighted by Gasteiger charge is 2.54. The second-order valence-electron chi connectivity index (χ2n) is 9.83. The van der Waals surface area contributed by atoms with Crippen LogP contribution >= 0.6 is 11.8 Å². The first-order valence-electron chi connectivity index (χ1n) is 11.9. The maximum absolute atomic E-state index is 15.0. The summed E-state index contributed by atoms with van der Waals surface area (Å²) in [5, 5.41) is 14.0. The van der Waals surface area contributed by atoms with E-state index in [9.17, 15) is 9.18 Å². The number of allylic oxidation sites excluding steroid dienone is 4. The summed E-state index contributed by atoms with van der Waals surface area (Å²) >= 11 is 1.50. The lowest BCUT2D eigenvalue weighted by Crippen LogP contribution is -2.60. The molecule has 0 radical (unpaired) electrons. The standard InChI is InChI=1S/C24H31FN8OS/c1-15-10-20(31-30-15)27-19-11-21(33-13-24(25,14-33)16-4-5-16)29-23(28-19)35-18-8-6-17(7-9-18)26-22(34)12-32(2)3/h6,8,10-11,16H,4-5,7,9,12-14H2,1-3H3,(H,26,34)(H2,27,28,29,30,31). The average Bonchev–Trinajstić information content (AvgIpc) is 3.55. The van der Waals surface area contributed by atoms with Crippen molar-refractivity contribution in [3.8, 4) is 0 Å². The van der Waals surface area contributed by atoms with Crippen LogP contribution in [0, 0.1) is 12.8 Å². The Balaban J connectivity index is 1.31. The highest BCUT2D eigenvalue weighted by atomic mass is 32.2. The molecule has 1 amide bonds. The van der Waals surface area contributed by atoms with Gasteiger partial charge in [-0.25, -0.2) is 14.4 Å². The second-order valence-corrected chi connectivity index (χ2v) is 10.9. The lowest BCUT2D eigenvalue weighted by molar-refractivity contribution is -0.121. The minimum absolute atomic E-state index is 0.0178. The predicted octanol–water partition coefficient (Wildman–Crippen LogP) is 3.52. The summed E-state index contributed by atoms with van der Waals surface area (Å²) in [4.78, 5) is 26.4. The van der Waals surface area contributed by atoms with Gasteiger partial charge in [-0.15, -0.1) is 0 Å². The first-order chi connectivity index (χ1) is 16.8. The second kappa shape index (κ2) is 9.62. The molecule has 186 valence electrons. The molecule has 2 fully saturated rings. The van der Waals surface area contributed by atoms with Crippen molar-refractivity contribution in [1.29, 1.82) is 0 Å². The zero-order chi connectivity index (χ0) is 24.6. The number of nitrogens with zero attached hydrogens (tertiary/aromatic N) is 5. The van der Waals surface area contributed by atoms with Crippen molar-refractivity contribution < 1.29 is 9.18 Å². The first kappa shape index (κ1) is 23.8. The van der Waals surface area contributed by atoms with Crippen LogP contribution in [0.3, 0.4) is 0 Å². The fourth-order valence-electron chi connectivity index (χ4n) is 4.34. The summed E-state index contributed by atoms with van der Waals surface area (Å²) in [6.07, 6.45) is 7.44. The maximum Gasteiger partial charge on any atom is 0.238 e. The Morgan fingerprint density at radius 1 is 1.23 bits per heavy atom. The number of amides is 1. The molecule has 3 heterocycles. The van der Waals surface area contributed by atoms with Gasteiger partial charge < -0.3 is 20.4 Å². The number of rotatable bonds is 9. The Morgan fingerprint density at radius 3 is 2.66 bits per heavy atom. The molecular formula is C24H31FN8OS. The number of halogens is 1. The zero-order valence-electron chi connectivity index (χ0n) is 20.3. The number of aromatic nitrogens is 4. The number of carbonyl (C=O) groups excluding carboxylic acids is 1. The maximum atomic E-state index is 15.0. The van der Waals surface area contributed by atoms with Gasteiger partial charge in [-0.05, 0) is 63.6 Å². The fraction of sp³-hybridized carbons (Fsp3) is 0.500. The number of alkyl halides is 1. The van der Waals surface area contributed by atoms with Gasteiger partial charge in [0.15, 0.2) is 11.0 Å². The largest absolute Gasteiger partial charge is 0.350 e. The number of likely N-dealkylation sites (N-methyl/N-ethyl adjacent to an activating group) is 1. The summed E-state index contributed by atoms with van der Waals surface area (Å²) < 4.78 is 15.0. The van der Waals surface area contributed by atoms with Crippen LogP contribution < -0.4 is 15.5 Å². The Kier molecular flexibility index (Phi) is 6.54. The quantitative estimate of drug-likeness (QED) is 0.452. The van der Waals surface area contributed by atoms with Crippen molar-refractivity contribution in [1.82, 2.24) is 30.4 Å². The van der Waals surface area contributed by atoms with Crippen molar-refractivity contribution >= 4 is 35.1 Å². The van der Waals surface area contributed by atoms with Crippen molar-refractivity contribution in [3.05, 3.63) is 40.6 Å². The van der Waals surface area contributed by atoms with Gasteiger partial charge in [0.05, 0.1) is 19.6 Å². The van der Waals surface area contributed by atoms with Crippen LogP contribution in [0.1, 0.15) is 31.4 Å². The molecule has 2 aromatic rings. The SMILES string of the molecule is Cc1cc(Nc2cc(N3CC(F)(C4CC4)C3)nc(SC3=CC=C(NC(=O)CN(C)C)CC3)n2)n[nH]1. The summed E-state index contributed by atoms with van der Waals surface area (Å²) in [6, 6.07) is 3.76. The van der Waals surface area contributed by atoms with Gasteiger partial charge in [0, 0.05) is 23.5 Å². The van der Waals surface area contributed by atoms with Crippen LogP contribution in [0.4, 0.5) is 21.8 Å². The number of aromatic amines is 1. The molecule has 3 N–H and O–H groups in total. The normalized spacial score (nSPS) is 19.2. The van der Waals surface area contributed by atoms with E-state index in [0.29, 0.717) is 36.4 Å². The van der Waals surface area contributed by atoms with Crippen molar-refractivity contribution in [3.63, 3.8) is 0 Å². The van der Waals surface area contributed by atoms with Crippen LogP contribution in [-0.4, -0.2) is 70.4 Å². The van der Waals surface area contributed by atoms with E-state index in [0.717, 1.165) is 47.8 Å². The number of nitrogens with one attached hydrogen (secondary N) is 3. The topological polar surface area (TPSA) is 102 Å². The molecule has 0 bridgehead atoms. The number of H-pyrrole nitrogens is 1. The Bertz CT molecular complexity index is 1170. The van der Waals surface area contributed by atoms with E-state index >= 15 is 0 Å². The van der Waals surface area contributed by atoms with E-state index in [1.807, 2.05) is 55.1 Å². The third-order valence-corrected chi connectivity index (χ3v) is 7.26. The van der Waals surface area contributed by atoms with E-state index in [1.54, 1.807) is 0 Å². The lowest BCUT2D eigenvalue weighted by Gasteiger charge is -2.45. The number of aryl methyl sites for hydroxylation is 1. The molecule has 35 heavy (non-hydrogen) atoms. The Labute approximate surface area is 208 Å². The zero-order valence-corrected chi connectivity index (χ0v) is 21.1. The van der Waals surface area contributed by atoms with Crippen LogP contribution in [0.25, 0.3) is 0 Å². The fourth-order valence-corrected chi connectivity index (χ4v) is 5.20. The summed E-state index contributed by atoms with van der Waals surface area (Å²) in [6.45, 7) is 3.04. The molecule has 1 saturated carbocycles. The third kappa shape index (κ3) is 5.84. The third-order valence-electron chi connectivity index (χ3n) is 6.29. The van der Waals surface area contributed by atoms with Crippen LogP contribution in [-0.2, 0) is 4.79 Å². The summed E-state index contributed by atoms with van der Waals surface area (Å²) in [5.74, 6) is 2.19. The molecule has 3 aliphatic rings. The minimum atomic E-state index is -1.09. The highest BCUT2D eigenvalue weighted by molar-refractivity contribution is 8.02. The van der Waals surface area contributed by atoms with Crippen LogP contribution in [0.15, 0.2) is 40.0 Å². The summed E-state index contributed by atoms with van der Waals surface area (Å²) in [5.41, 5.74) is 0.764. The average molecular weight is 499 g/mol. The lowest BCUT2D eigenvalue weighted by atomic mass is 9.91. The molecule has 0 spiro atoms. The van der Waals surface area contributed by atoms with E-state index in [2.05, 4.69) is 25.8 Å². The minimum Gasteiger partial charge on any atom is -0.350 e. The van der Waals surface area contributed by atoms with Crippen molar-refractivity contribution in [2.45, 2.75) is 43.4 Å². The van der Waals surface area contributed by atoms with Gasteiger partial charge >= 0.3 is 0 Å². The molecule has 9 nitrogen and oxygen atoms in total. The highest BCUT2D eigenvalue weighted by Crippen LogP contribution is 2.48. The van der Waals surface area contributed by atoms with Gasteiger partial charge in [0.1, 0.15) is 17.3 Å². The van der Waals surface area contributed by atoms with E-state index in [1.165, 1.54) is 11.8 Å². The molecular weight excluding hydrogens is 467 g/mol. The molecule has 2 aliphatic carbocycles. The van der Waals surface area contributed by atoms with E-state index in [4.69, 9.17) is 4.98 Å². The smallest absolute Gasteiger partial charge is 0.238 e. The van der Waals surface area contributed by atoms with E-state index in [-0.39, 0.29) is 11.8 Å². The van der Waals surface area contributed by atoms with Gasteiger partial charge in [0.25, 0.3) is 0 Å². The van der Waals surface area contributed by atoms with Crippen LogP contribution in [0.5, 0.6) is 0 Å². The van der Waals surface area contributed by atoms with Gasteiger partial charge in [-0.3, -0.25) is 9.89 Å². The molecule has 0 aromatic carbocycles. The molecule has 0 atom stereocenters. The van der Waals surface area contributed by atoms with Crippen molar-refractivity contribution in [2.24, 2.45) is 5.92 Å². The number of anilines is 3. The summed E-state index contributed by atoms with van der Waals surface area (Å²) in [7, 11) is 3.74. The number of hydrogen-bond donors (Lipinski definition) is 3. The van der Waals surface area contributed by atoms with Gasteiger partial charge in [-0.2, -0.15) is 5.10 Å². The van der Waals surface area contributed by atoms with Gasteiger partial charge in [0.2, 0.25) is 5.91 Å². The molecule has 5 rings (SSSR count). The van der Waals surface area contributed by atoms with Gasteiger partial charge in [-0.1, -0.05) is 17.8 Å². The number of thioether (sulfide) groups is 1. The number of hydrogen-bond acceptors (Lipinski definition) is 8. The molecule has 11 heteroatoms.